The van der Waals surface area contributed by atoms with Gasteiger partial charge in [-0.3, -0.25) is 4.79 Å². The molecule has 1 rings (SSSR count). The van der Waals surface area contributed by atoms with Crippen LogP contribution in [0.15, 0.2) is 0 Å². The fourth-order valence-corrected chi connectivity index (χ4v) is 1.64. The van der Waals surface area contributed by atoms with Crippen LogP contribution in [0, 0.1) is 5.92 Å². The van der Waals surface area contributed by atoms with Gasteiger partial charge in [0.15, 0.2) is 0 Å². The Bertz CT molecular complexity index is 230. The first-order valence-electron chi connectivity index (χ1n) is 4.92. The first kappa shape index (κ1) is 12.3. The van der Waals surface area contributed by atoms with E-state index in [0.717, 1.165) is 0 Å². The summed E-state index contributed by atoms with van der Waals surface area (Å²) in [4.78, 5) is 11.3. The van der Waals surface area contributed by atoms with Gasteiger partial charge in [0.05, 0.1) is 12.5 Å². The van der Waals surface area contributed by atoms with Crippen LogP contribution in [0.4, 0.5) is 13.2 Å². The van der Waals surface area contributed by atoms with Gasteiger partial charge >= 0.3 is 12.1 Å². The second kappa shape index (κ2) is 4.83. The van der Waals surface area contributed by atoms with Crippen molar-refractivity contribution in [3.8, 4) is 0 Å². The van der Waals surface area contributed by atoms with Gasteiger partial charge in [-0.1, -0.05) is 0 Å². The molecule has 1 fully saturated rings. The van der Waals surface area contributed by atoms with Crippen molar-refractivity contribution in [2.75, 3.05) is 13.2 Å². The number of alkyl halides is 3. The van der Waals surface area contributed by atoms with Gasteiger partial charge in [-0.2, -0.15) is 13.2 Å². The highest BCUT2D eigenvalue weighted by atomic mass is 19.4. The molecule has 1 saturated heterocycles. The summed E-state index contributed by atoms with van der Waals surface area (Å²) in [7, 11) is 0. The van der Waals surface area contributed by atoms with Gasteiger partial charge in [0.2, 0.25) is 0 Å². The van der Waals surface area contributed by atoms with Crippen LogP contribution < -0.4 is 5.32 Å². The topological polar surface area (TPSA) is 38.3 Å². The summed E-state index contributed by atoms with van der Waals surface area (Å²) >= 11 is 0. The molecular weight excluding hydrogens is 211 g/mol. The van der Waals surface area contributed by atoms with Gasteiger partial charge in [-0.05, 0) is 26.3 Å². The molecule has 15 heavy (non-hydrogen) atoms. The van der Waals surface area contributed by atoms with Crippen molar-refractivity contribution in [3.63, 3.8) is 0 Å². The highest BCUT2D eigenvalue weighted by Gasteiger charge is 2.43. The molecular formula is C9H14F3NO2. The third kappa shape index (κ3) is 3.37. The molecule has 0 spiro atoms. The van der Waals surface area contributed by atoms with Gasteiger partial charge in [0.25, 0.3) is 0 Å². The zero-order chi connectivity index (χ0) is 11.5. The van der Waals surface area contributed by atoms with Crippen LogP contribution >= 0.6 is 0 Å². The minimum atomic E-state index is -4.29. The summed E-state index contributed by atoms with van der Waals surface area (Å²) in [5.74, 6) is -1.15. The third-order valence-electron chi connectivity index (χ3n) is 2.42. The van der Waals surface area contributed by atoms with Crippen LogP contribution in [0.2, 0.25) is 0 Å². The Morgan fingerprint density at radius 1 is 1.53 bits per heavy atom. The summed E-state index contributed by atoms with van der Waals surface area (Å²) in [6, 6.07) is -1.58. The standard InChI is InChI=1S/C9H14F3NO2/c1-2-15-8(14)6-3-4-13-7(5-6)9(10,11)12/h6-7,13H,2-5H2,1H3/t6-,7-/m0/s1. The zero-order valence-corrected chi connectivity index (χ0v) is 8.43. The Morgan fingerprint density at radius 2 is 2.20 bits per heavy atom. The van der Waals surface area contributed by atoms with E-state index < -0.39 is 24.1 Å². The number of hydrogen-bond donors (Lipinski definition) is 1. The van der Waals surface area contributed by atoms with E-state index in [-0.39, 0.29) is 19.6 Å². The molecule has 6 heteroatoms. The summed E-state index contributed by atoms with van der Waals surface area (Å²) in [5.41, 5.74) is 0. The smallest absolute Gasteiger partial charge is 0.403 e. The second-order valence-corrected chi connectivity index (χ2v) is 3.52. The maximum Gasteiger partial charge on any atom is 0.403 e. The van der Waals surface area contributed by atoms with Crippen molar-refractivity contribution in [1.29, 1.82) is 0 Å². The lowest BCUT2D eigenvalue weighted by atomic mass is 9.92. The van der Waals surface area contributed by atoms with Crippen molar-refractivity contribution >= 4 is 5.97 Å². The molecule has 1 aliphatic rings. The average molecular weight is 225 g/mol. The molecule has 0 saturated carbocycles. The maximum atomic E-state index is 12.3. The van der Waals surface area contributed by atoms with Gasteiger partial charge in [-0.15, -0.1) is 0 Å². The lowest BCUT2D eigenvalue weighted by molar-refractivity contribution is -0.170. The Labute approximate surface area is 86.0 Å². The summed E-state index contributed by atoms with van der Waals surface area (Å²) in [6.07, 6.45) is -4.10. The first-order valence-corrected chi connectivity index (χ1v) is 4.92. The Kier molecular flexibility index (Phi) is 3.96. The van der Waals surface area contributed by atoms with E-state index in [4.69, 9.17) is 4.74 Å². The van der Waals surface area contributed by atoms with Crippen LogP contribution in [0.1, 0.15) is 19.8 Å². The second-order valence-electron chi connectivity index (χ2n) is 3.52. The third-order valence-corrected chi connectivity index (χ3v) is 2.42. The van der Waals surface area contributed by atoms with Gasteiger partial charge in [0, 0.05) is 0 Å². The molecule has 0 bridgehead atoms. The van der Waals surface area contributed by atoms with E-state index in [9.17, 15) is 18.0 Å². The molecule has 0 radical (unpaired) electrons. The summed E-state index contributed by atoms with van der Waals surface area (Å²) in [6.45, 7) is 2.05. The molecule has 88 valence electrons. The predicted octanol–water partition coefficient (Wildman–Crippen LogP) is 1.48. The number of halogens is 3. The van der Waals surface area contributed by atoms with E-state index in [1.54, 1.807) is 6.92 Å². The number of esters is 1. The monoisotopic (exact) mass is 225 g/mol. The molecule has 1 N–H and O–H groups in total. The first-order chi connectivity index (χ1) is 6.95. The number of piperidine rings is 1. The van der Waals surface area contributed by atoms with E-state index in [1.165, 1.54) is 0 Å². The average Bonchev–Trinajstić information content (AvgIpc) is 2.17. The zero-order valence-electron chi connectivity index (χ0n) is 8.43. The molecule has 1 aliphatic heterocycles. The van der Waals surface area contributed by atoms with E-state index in [0.29, 0.717) is 6.42 Å². The van der Waals surface area contributed by atoms with Crippen molar-refractivity contribution in [3.05, 3.63) is 0 Å². The van der Waals surface area contributed by atoms with Crippen LogP contribution in [0.3, 0.4) is 0 Å². The van der Waals surface area contributed by atoms with Gasteiger partial charge in [0.1, 0.15) is 6.04 Å². The Balaban J connectivity index is 2.52. The lowest BCUT2D eigenvalue weighted by Crippen LogP contribution is -2.49. The normalized spacial score (nSPS) is 27.5. The van der Waals surface area contributed by atoms with Gasteiger partial charge in [-0.25, -0.2) is 0 Å². The van der Waals surface area contributed by atoms with Crippen LogP contribution in [-0.2, 0) is 9.53 Å². The highest BCUT2D eigenvalue weighted by molar-refractivity contribution is 5.72. The molecule has 1 heterocycles. The molecule has 0 unspecified atom stereocenters. The van der Waals surface area contributed by atoms with Crippen LogP contribution in [0.5, 0.6) is 0 Å². The quantitative estimate of drug-likeness (QED) is 0.723. The molecule has 0 aromatic carbocycles. The van der Waals surface area contributed by atoms with Crippen molar-refractivity contribution in [1.82, 2.24) is 5.32 Å². The van der Waals surface area contributed by atoms with Crippen molar-refractivity contribution < 1.29 is 22.7 Å². The van der Waals surface area contributed by atoms with E-state index in [1.807, 2.05) is 0 Å². The number of carbonyl (C=O) groups is 1. The fourth-order valence-electron chi connectivity index (χ4n) is 1.64. The fraction of sp³-hybridized carbons (Fsp3) is 0.889. The molecule has 0 aromatic heterocycles. The largest absolute Gasteiger partial charge is 0.466 e. The summed E-state index contributed by atoms with van der Waals surface area (Å²) < 4.78 is 41.8. The van der Waals surface area contributed by atoms with Crippen molar-refractivity contribution in [2.45, 2.75) is 32.0 Å². The summed E-state index contributed by atoms with van der Waals surface area (Å²) in [5, 5.41) is 2.35. The molecule has 2 atom stereocenters. The van der Waals surface area contributed by atoms with Crippen molar-refractivity contribution in [2.24, 2.45) is 5.92 Å². The highest BCUT2D eigenvalue weighted by Crippen LogP contribution is 2.29. The number of ether oxygens (including phenoxy) is 1. The number of rotatable bonds is 2. The molecule has 0 aliphatic carbocycles. The Hall–Kier alpha value is -0.780. The van der Waals surface area contributed by atoms with Crippen LogP contribution in [-0.4, -0.2) is 31.3 Å². The minimum absolute atomic E-state index is 0.202. The number of nitrogens with one attached hydrogen (secondary N) is 1. The number of carbonyl (C=O) groups excluding carboxylic acids is 1. The van der Waals surface area contributed by atoms with E-state index >= 15 is 0 Å². The van der Waals surface area contributed by atoms with Gasteiger partial charge < -0.3 is 10.1 Å². The molecule has 0 amide bonds. The molecule has 3 nitrogen and oxygen atoms in total. The Morgan fingerprint density at radius 3 is 2.73 bits per heavy atom. The lowest BCUT2D eigenvalue weighted by Gasteiger charge is -2.30. The molecule has 0 aromatic rings. The van der Waals surface area contributed by atoms with Crippen LogP contribution in [0.25, 0.3) is 0 Å². The maximum absolute atomic E-state index is 12.3. The predicted molar refractivity (Wildman–Crippen MR) is 47.2 cm³/mol. The van der Waals surface area contributed by atoms with E-state index in [2.05, 4.69) is 5.32 Å². The minimum Gasteiger partial charge on any atom is -0.466 e. The number of hydrogen-bond acceptors (Lipinski definition) is 3. The SMILES string of the molecule is CCOC(=O)[C@H]1CCN[C@H](C(F)(F)F)C1.